The summed E-state index contributed by atoms with van der Waals surface area (Å²) in [5, 5.41) is 6.99. The lowest BCUT2D eigenvalue weighted by Crippen LogP contribution is -2.44. The molecule has 1 amide bonds. The fourth-order valence-corrected chi connectivity index (χ4v) is 3.38. The second-order valence-electron chi connectivity index (χ2n) is 6.85. The molecular weight excluding hydrogens is 402 g/mol. The molecule has 1 aromatic heterocycles. The van der Waals surface area contributed by atoms with Gasteiger partial charge in [-0.05, 0) is 36.4 Å². The maximum Gasteiger partial charge on any atom is 0.333 e. The highest BCUT2D eigenvalue weighted by atomic mass is 16.5. The first-order valence-electron chi connectivity index (χ1n) is 9.57. The fourth-order valence-electron chi connectivity index (χ4n) is 3.38. The van der Waals surface area contributed by atoms with Gasteiger partial charge in [-0.15, -0.1) is 5.10 Å². The maximum atomic E-state index is 12.6. The number of aromatic nitrogens is 3. The number of carbonyl (C=O) groups excluding carboxylic acids is 1. The van der Waals surface area contributed by atoms with Crippen molar-refractivity contribution in [2.45, 2.75) is 13.1 Å². The van der Waals surface area contributed by atoms with Crippen molar-refractivity contribution in [3.05, 3.63) is 69.2 Å². The molecule has 160 valence electrons. The third-order valence-electron chi connectivity index (χ3n) is 4.93. The summed E-state index contributed by atoms with van der Waals surface area (Å²) in [6, 6.07) is 14.1. The number of methoxy groups -OCH3 is 2. The van der Waals surface area contributed by atoms with Crippen molar-refractivity contribution >= 4 is 23.2 Å². The fraction of sp³-hybridized carbons (Fsp3) is 0.238. The molecule has 3 aromatic rings. The minimum Gasteiger partial charge on any atom is -0.497 e. The number of fused-ring (bicyclic) bond motifs is 1. The zero-order valence-electron chi connectivity index (χ0n) is 17.1. The summed E-state index contributed by atoms with van der Waals surface area (Å²) in [5.41, 5.74) is -0.253. The predicted molar refractivity (Wildman–Crippen MR) is 114 cm³/mol. The van der Waals surface area contributed by atoms with Crippen LogP contribution >= 0.6 is 0 Å². The highest BCUT2D eigenvalue weighted by Crippen LogP contribution is 2.27. The smallest absolute Gasteiger partial charge is 0.333 e. The molecule has 10 heteroatoms. The van der Waals surface area contributed by atoms with Crippen molar-refractivity contribution in [3.8, 4) is 11.5 Å². The highest BCUT2D eigenvalue weighted by molar-refractivity contribution is 5.90. The lowest BCUT2D eigenvalue weighted by Gasteiger charge is -2.18. The molecule has 1 aliphatic heterocycles. The highest BCUT2D eigenvalue weighted by Gasteiger charge is 2.26. The standard InChI is InChI=1S/C21H21N5O5/c1-30-16-8-6-15(7-9-16)24-10-11-25-19(28)20(29)26(23-21(24)25)13-18(27)22-14-4-3-5-17(12-14)31-2/h3-9,12H,10-11,13H2,1-2H3,(H,22,27). The molecule has 10 nitrogen and oxygen atoms in total. The zero-order chi connectivity index (χ0) is 22.0. The van der Waals surface area contributed by atoms with E-state index in [-0.39, 0.29) is 0 Å². The predicted octanol–water partition coefficient (Wildman–Crippen LogP) is 1.21. The Morgan fingerprint density at radius 1 is 1.00 bits per heavy atom. The molecule has 0 radical (unpaired) electrons. The zero-order valence-corrected chi connectivity index (χ0v) is 17.1. The summed E-state index contributed by atoms with van der Waals surface area (Å²) in [6.45, 7) is 0.420. The van der Waals surface area contributed by atoms with E-state index in [1.807, 2.05) is 17.0 Å². The minimum atomic E-state index is -0.846. The Kier molecular flexibility index (Phi) is 5.44. The Hall–Kier alpha value is -4.08. The topological polar surface area (TPSA) is 108 Å². The third kappa shape index (κ3) is 4.00. The molecule has 1 aliphatic rings. The van der Waals surface area contributed by atoms with Crippen molar-refractivity contribution in [1.29, 1.82) is 0 Å². The largest absolute Gasteiger partial charge is 0.497 e. The summed E-state index contributed by atoms with van der Waals surface area (Å²) in [5.74, 6) is 1.11. The molecule has 0 spiro atoms. The molecule has 0 unspecified atom stereocenters. The molecule has 0 saturated carbocycles. The number of nitrogens with zero attached hydrogens (tertiary/aromatic N) is 4. The van der Waals surface area contributed by atoms with Crippen LogP contribution in [0.25, 0.3) is 0 Å². The van der Waals surface area contributed by atoms with Crippen molar-refractivity contribution in [2.75, 3.05) is 31.0 Å². The Balaban J connectivity index is 1.60. The van der Waals surface area contributed by atoms with E-state index in [4.69, 9.17) is 9.47 Å². The normalized spacial score (nSPS) is 12.4. The number of ether oxygens (including phenoxy) is 2. The van der Waals surface area contributed by atoms with Crippen molar-refractivity contribution in [2.24, 2.45) is 0 Å². The summed E-state index contributed by atoms with van der Waals surface area (Å²) in [4.78, 5) is 39.3. The van der Waals surface area contributed by atoms with Gasteiger partial charge in [0, 0.05) is 30.5 Å². The number of hydrogen-bond acceptors (Lipinski definition) is 7. The monoisotopic (exact) mass is 423 g/mol. The van der Waals surface area contributed by atoms with E-state index in [1.165, 1.54) is 11.7 Å². The van der Waals surface area contributed by atoms with Gasteiger partial charge in [-0.2, -0.15) is 0 Å². The first-order chi connectivity index (χ1) is 15.0. The lowest BCUT2D eigenvalue weighted by molar-refractivity contribution is -0.117. The van der Waals surface area contributed by atoms with Gasteiger partial charge in [-0.1, -0.05) is 6.07 Å². The first kappa shape index (κ1) is 20.2. The van der Waals surface area contributed by atoms with Gasteiger partial charge in [0.25, 0.3) is 0 Å². The molecule has 2 heterocycles. The van der Waals surface area contributed by atoms with Gasteiger partial charge in [0.1, 0.15) is 18.0 Å². The van der Waals surface area contributed by atoms with E-state index in [9.17, 15) is 14.4 Å². The van der Waals surface area contributed by atoms with Gasteiger partial charge in [0.2, 0.25) is 11.9 Å². The van der Waals surface area contributed by atoms with Crippen molar-refractivity contribution < 1.29 is 14.3 Å². The Bertz CT molecular complexity index is 1230. The van der Waals surface area contributed by atoms with Crippen LogP contribution in [0.15, 0.2) is 58.1 Å². The van der Waals surface area contributed by atoms with Crippen LogP contribution in [0.3, 0.4) is 0 Å². The Morgan fingerprint density at radius 2 is 1.74 bits per heavy atom. The van der Waals surface area contributed by atoms with Gasteiger partial charge in [-0.3, -0.25) is 19.0 Å². The third-order valence-corrected chi connectivity index (χ3v) is 4.93. The molecule has 31 heavy (non-hydrogen) atoms. The average Bonchev–Trinajstić information content (AvgIpc) is 3.21. The second-order valence-corrected chi connectivity index (χ2v) is 6.85. The number of hydrogen-bond donors (Lipinski definition) is 1. The van der Waals surface area contributed by atoms with Crippen LogP contribution in [0, 0.1) is 0 Å². The van der Waals surface area contributed by atoms with Gasteiger partial charge in [0.15, 0.2) is 0 Å². The molecule has 0 atom stereocenters. The van der Waals surface area contributed by atoms with E-state index in [0.717, 1.165) is 10.4 Å². The van der Waals surface area contributed by atoms with Gasteiger partial charge >= 0.3 is 11.1 Å². The molecular formula is C21H21N5O5. The van der Waals surface area contributed by atoms with Crippen molar-refractivity contribution in [3.63, 3.8) is 0 Å². The molecule has 4 rings (SSSR count). The Labute approximate surface area is 177 Å². The van der Waals surface area contributed by atoms with Crippen LogP contribution in [0.5, 0.6) is 11.5 Å². The van der Waals surface area contributed by atoms with Gasteiger partial charge in [-0.25, -0.2) is 4.68 Å². The molecule has 0 saturated heterocycles. The van der Waals surface area contributed by atoms with E-state index < -0.39 is 23.6 Å². The molecule has 1 N–H and O–H groups in total. The number of nitrogens with one attached hydrogen (secondary N) is 1. The van der Waals surface area contributed by atoms with Crippen LogP contribution < -0.4 is 30.8 Å². The average molecular weight is 423 g/mol. The second kappa shape index (κ2) is 8.34. The van der Waals surface area contributed by atoms with Crippen LogP contribution in [-0.2, 0) is 17.9 Å². The van der Waals surface area contributed by atoms with Crippen LogP contribution in [0.1, 0.15) is 0 Å². The van der Waals surface area contributed by atoms with Crippen LogP contribution in [0.2, 0.25) is 0 Å². The van der Waals surface area contributed by atoms with Crippen LogP contribution in [0.4, 0.5) is 17.3 Å². The van der Waals surface area contributed by atoms with Gasteiger partial charge < -0.3 is 19.7 Å². The quantitative estimate of drug-likeness (QED) is 0.594. The van der Waals surface area contributed by atoms with E-state index in [0.29, 0.717) is 36.2 Å². The molecule has 0 bridgehead atoms. The Morgan fingerprint density at radius 3 is 2.45 bits per heavy atom. The summed E-state index contributed by atoms with van der Waals surface area (Å²) in [7, 11) is 3.10. The van der Waals surface area contributed by atoms with Gasteiger partial charge in [0.05, 0.1) is 14.2 Å². The molecule has 0 fully saturated rings. The summed E-state index contributed by atoms with van der Waals surface area (Å²) in [6.07, 6.45) is 0. The molecule has 0 aliphatic carbocycles. The minimum absolute atomic E-state index is 0.309. The van der Waals surface area contributed by atoms with E-state index in [2.05, 4.69) is 10.4 Å². The SMILES string of the molecule is COc1ccc(N2CCn3c2nn(CC(=O)Nc2cccc(OC)c2)c(=O)c3=O)cc1. The lowest BCUT2D eigenvalue weighted by atomic mass is 10.3. The van der Waals surface area contributed by atoms with Crippen LogP contribution in [-0.4, -0.2) is 41.0 Å². The van der Waals surface area contributed by atoms with E-state index in [1.54, 1.807) is 43.5 Å². The summed E-state index contributed by atoms with van der Waals surface area (Å²) >= 11 is 0. The van der Waals surface area contributed by atoms with Crippen molar-refractivity contribution in [1.82, 2.24) is 14.3 Å². The number of amides is 1. The number of benzene rings is 2. The maximum absolute atomic E-state index is 12.6. The molecule has 2 aromatic carbocycles. The van der Waals surface area contributed by atoms with E-state index >= 15 is 0 Å². The number of anilines is 3. The first-order valence-corrected chi connectivity index (χ1v) is 9.57. The number of carbonyl (C=O) groups is 1. The number of rotatable bonds is 6. The summed E-state index contributed by atoms with van der Waals surface area (Å²) < 4.78 is 12.5.